The predicted octanol–water partition coefficient (Wildman–Crippen LogP) is 3.12. The highest BCUT2D eigenvalue weighted by molar-refractivity contribution is 7.91. The van der Waals surface area contributed by atoms with E-state index in [-0.39, 0.29) is 26.3 Å². The Morgan fingerprint density at radius 3 is 2.55 bits per heavy atom. The van der Waals surface area contributed by atoms with Crippen molar-refractivity contribution in [2.45, 2.75) is 10.6 Å². The van der Waals surface area contributed by atoms with Crippen LogP contribution in [0.3, 0.4) is 0 Å². The van der Waals surface area contributed by atoms with Crippen molar-refractivity contribution in [2.24, 2.45) is 0 Å². The molecule has 5 nitrogen and oxygen atoms in total. The van der Waals surface area contributed by atoms with E-state index in [1.807, 2.05) is 0 Å². The maximum absolute atomic E-state index is 12.3. The number of carboxylic acids is 1. The zero-order chi connectivity index (χ0) is 14.9. The molecule has 9 heteroatoms. The summed E-state index contributed by atoms with van der Waals surface area (Å²) >= 11 is 12.8. The summed E-state index contributed by atoms with van der Waals surface area (Å²) < 4.78 is 24.5. The van der Waals surface area contributed by atoms with Crippen LogP contribution in [-0.4, -0.2) is 24.5 Å². The van der Waals surface area contributed by atoms with Gasteiger partial charge in [-0.2, -0.15) is 0 Å². The summed E-state index contributed by atoms with van der Waals surface area (Å²) in [6.45, 7) is 0. The van der Waals surface area contributed by atoms with Crippen molar-refractivity contribution in [2.75, 3.05) is 0 Å². The van der Waals surface area contributed by atoms with Gasteiger partial charge in [0.2, 0.25) is 0 Å². The van der Waals surface area contributed by atoms with Crippen molar-refractivity contribution in [3.63, 3.8) is 0 Å². The van der Waals surface area contributed by atoms with Gasteiger partial charge in [-0.25, -0.2) is 13.2 Å². The van der Waals surface area contributed by atoms with E-state index >= 15 is 0 Å². The molecular formula is C11H7Cl2NO4S2. The molecule has 0 aliphatic rings. The number of thiazole rings is 1. The number of aromatic nitrogens is 1. The smallest absolute Gasteiger partial charge is 0.337 e. The van der Waals surface area contributed by atoms with Gasteiger partial charge in [-0.1, -0.05) is 23.2 Å². The maximum atomic E-state index is 12.3. The highest BCUT2D eigenvalue weighted by Crippen LogP contribution is 2.31. The molecule has 0 atom stereocenters. The number of rotatable bonds is 4. The van der Waals surface area contributed by atoms with Gasteiger partial charge in [-0.15, -0.1) is 11.3 Å². The minimum Gasteiger partial charge on any atom is -0.478 e. The Labute approximate surface area is 128 Å². The molecule has 1 aromatic carbocycles. The molecule has 106 valence electrons. The molecular weight excluding hydrogens is 345 g/mol. The Morgan fingerprint density at radius 1 is 1.30 bits per heavy atom. The Kier molecular flexibility index (Phi) is 4.33. The zero-order valence-corrected chi connectivity index (χ0v) is 12.9. The first-order valence-electron chi connectivity index (χ1n) is 5.13. The standard InChI is InChI=1S/C11H7Cl2NO4S2/c12-8-2-9(13)10(1-7(8)11(15)16)20(17,18)4-6-3-14-5-19-6/h1-3,5H,4H2,(H,15,16). The third kappa shape index (κ3) is 3.12. The van der Waals surface area contributed by atoms with Crippen LogP contribution in [0.1, 0.15) is 15.2 Å². The average Bonchev–Trinajstić information content (AvgIpc) is 2.79. The molecule has 20 heavy (non-hydrogen) atoms. The fraction of sp³-hybridized carbons (Fsp3) is 0.0909. The summed E-state index contributed by atoms with van der Waals surface area (Å²) in [5, 5.41) is 8.75. The molecule has 1 aromatic heterocycles. The first kappa shape index (κ1) is 15.2. The number of carboxylic acid groups (broad SMARTS) is 1. The van der Waals surface area contributed by atoms with Crippen molar-refractivity contribution >= 4 is 50.3 Å². The van der Waals surface area contributed by atoms with Gasteiger partial charge < -0.3 is 5.11 Å². The second-order valence-electron chi connectivity index (χ2n) is 3.79. The Bertz CT molecular complexity index is 757. The van der Waals surface area contributed by atoms with Gasteiger partial charge in [0.1, 0.15) is 0 Å². The Morgan fingerprint density at radius 2 is 2.00 bits per heavy atom. The molecule has 1 N–H and O–H groups in total. The largest absolute Gasteiger partial charge is 0.478 e. The summed E-state index contributed by atoms with van der Waals surface area (Å²) in [6.07, 6.45) is 1.43. The minimum absolute atomic E-state index is 0.107. The molecule has 0 radical (unpaired) electrons. The van der Waals surface area contributed by atoms with E-state index in [1.54, 1.807) is 0 Å². The van der Waals surface area contributed by atoms with Gasteiger partial charge in [-0.3, -0.25) is 4.98 Å². The van der Waals surface area contributed by atoms with Crippen LogP contribution in [0.4, 0.5) is 0 Å². The van der Waals surface area contributed by atoms with Crippen LogP contribution >= 0.6 is 34.5 Å². The van der Waals surface area contributed by atoms with E-state index < -0.39 is 15.8 Å². The third-order valence-electron chi connectivity index (χ3n) is 2.40. The van der Waals surface area contributed by atoms with Gasteiger partial charge in [-0.05, 0) is 12.1 Å². The van der Waals surface area contributed by atoms with Crippen molar-refractivity contribution in [3.05, 3.63) is 44.3 Å². The summed E-state index contributed by atoms with van der Waals surface area (Å²) in [6, 6.07) is 2.09. The summed E-state index contributed by atoms with van der Waals surface area (Å²) in [4.78, 5) is 15.1. The van der Waals surface area contributed by atoms with Crippen molar-refractivity contribution in [1.82, 2.24) is 4.98 Å². The fourth-order valence-corrected chi connectivity index (χ4v) is 4.70. The monoisotopic (exact) mass is 351 g/mol. The lowest BCUT2D eigenvalue weighted by molar-refractivity contribution is 0.0697. The predicted molar refractivity (Wildman–Crippen MR) is 76.4 cm³/mol. The molecule has 0 amide bonds. The molecule has 0 aliphatic carbocycles. The van der Waals surface area contributed by atoms with E-state index in [2.05, 4.69) is 4.98 Å². The number of hydrogen-bond acceptors (Lipinski definition) is 5. The van der Waals surface area contributed by atoms with E-state index in [0.717, 1.165) is 12.1 Å². The molecule has 2 rings (SSSR count). The van der Waals surface area contributed by atoms with Crippen LogP contribution in [0.15, 0.2) is 28.7 Å². The molecule has 0 saturated heterocycles. The van der Waals surface area contributed by atoms with Crippen LogP contribution in [-0.2, 0) is 15.6 Å². The Balaban J connectivity index is 2.51. The number of sulfone groups is 1. The van der Waals surface area contributed by atoms with Crippen LogP contribution in [0, 0.1) is 0 Å². The van der Waals surface area contributed by atoms with Crippen LogP contribution in [0.25, 0.3) is 0 Å². The quantitative estimate of drug-likeness (QED) is 0.914. The van der Waals surface area contributed by atoms with E-state index in [1.165, 1.54) is 23.0 Å². The molecule has 2 aromatic rings. The summed E-state index contributed by atoms with van der Waals surface area (Å²) in [7, 11) is -3.77. The molecule has 0 saturated carbocycles. The average molecular weight is 352 g/mol. The number of carbonyl (C=O) groups is 1. The van der Waals surface area contributed by atoms with Crippen LogP contribution in [0.5, 0.6) is 0 Å². The topological polar surface area (TPSA) is 84.3 Å². The highest BCUT2D eigenvalue weighted by Gasteiger charge is 2.23. The number of nitrogens with zero attached hydrogens (tertiary/aromatic N) is 1. The lowest BCUT2D eigenvalue weighted by Gasteiger charge is -2.08. The number of hydrogen-bond donors (Lipinski definition) is 1. The number of aromatic carboxylic acids is 1. The van der Waals surface area contributed by atoms with Crippen molar-refractivity contribution < 1.29 is 18.3 Å². The second kappa shape index (κ2) is 5.69. The summed E-state index contributed by atoms with van der Waals surface area (Å²) in [5.74, 6) is -1.61. The minimum atomic E-state index is -3.77. The van der Waals surface area contributed by atoms with Gasteiger partial charge in [0.25, 0.3) is 0 Å². The van der Waals surface area contributed by atoms with E-state index in [9.17, 15) is 13.2 Å². The second-order valence-corrected chi connectivity index (χ2v) is 7.54. The fourth-order valence-electron chi connectivity index (χ4n) is 1.51. The van der Waals surface area contributed by atoms with Crippen LogP contribution < -0.4 is 0 Å². The van der Waals surface area contributed by atoms with Gasteiger partial charge in [0.05, 0.1) is 31.8 Å². The van der Waals surface area contributed by atoms with Gasteiger partial charge in [0, 0.05) is 11.1 Å². The van der Waals surface area contributed by atoms with E-state index in [0.29, 0.717) is 4.88 Å². The molecule has 1 heterocycles. The first-order chi connectivity index (χ1) is 9.31. The number of benzene rings is 1. The van der Waals surface area contributed by atoms with E-state index in [4.69, 9.17) is 28.3 Å². The lowest BCUT2D eigenvalue weighted by atomic mass is 10.2. The Hall–Kier alpha value is -1.15. The van der Waals surface area contributed by atoms with Crippen LogP contribution in [0.2, 0.25) is 10.0 Å². The molecule has 0 unspecified atom stereocenters. The highest BCUT2D eigenvalue weighted by atomic mass is 35.5. The molecule has 0 bridgehead atoms. The van der Waals surface area contributed by atoms with Crippen molar-refractivity contribution in [3.8, 4) is 0 Å². The lowest BCUT2D eigenvalue weighted by Crippen LogP contribution is -2.07. The zero-order valence-electron chi connectivity index (χ0n) is 9.71. The first-order valence-corrected chi connectivity index (χ1v) is 8.42. The maximum Gasteiger partial charge on any atom is 0.337 e. The molecule has 0 fully saturated rings. The normalized spacial score (nSPS) is 11.5. The number of halogens is 2. The van der Waals surface area contributed by atoms with Gasteiger partial charge in [0.15, 0.2) is 9.84 Å². The van der Waals surface area contributed by atoms with Gasteiger partial charge >= 0.3 is 5.97 Å². The SMILES string of the molecule is O=C(O)c1cc(S(=O)(=O)Cc2cncs2)c(Cl)cc1Cl. The summed E-state index contributed by atoms with van der Waals surface area (Å²) in [5.41, 5.74) is 1.20. The third-order valence-corrected chi connectivity index (χ3v) is 5.80. The molecule has 0 aliphatic heterocycles. The van der Waals surface area contributed by atoms with Crippen molar-refractivity contribution in [1.29, 1.82) is 0 Å². The molecule has 0 spiro atoms.